The smallest absolute Gasteiger partial charge is 0.159 e. The van der Waals surface area contributed by atoms with Crippen molar-refractivity contribution in [3.8, 4) is 39.2 Å². The quantitative estimate of drug-likeness (QED) is 0.132. The lowest BCUT2D eigenvalue weighted by Crippen LogP contribution is -2.25. The average molecular weight is 765 g/mol. The van der Waals surface area contributed by atoms with Gasteiger partial charge < -0.3 is 8.98 Å². The number of furan rings is 1. The van der Waals surface area contributed by atoms with Crippen molar-refractivity contribution in [3.63, 3.8) is 0 Å². The highest BCUT2D eigenvalue weighted by Crippen LogP contribution is 2.64. The fraction of sp³-hybridized carbons (Fsp3) is 0.0351. The van der Waals surface area contributed by atoms with Crippen molar-refractivity contribution in [2.24, 2.45) is 0 Å². The number of rotatable bonds is 4. The summed E-state index contributed by atoms with van der Waals surface area (Å²) in [5, 5.41) is 6.99. The van der Waals surface area contributed by atoms with Gasteiger partial charge in [-0.2, -0.15) is 0 Å². The zero-order chi connectivity index (χ0) is 39.7. The molecule has 0 atom stereocenters. The number of aromatic nitrogens is 2. The van der Waals surface area contributed by atoms with Crippen LogP contribution in [0.5, 0.6) is 0 Å². The number of para-hydroxylation sites is 2. The maximum absolute atomic E-state index is 6.71. The molecular formula is C57H36N2O. The molecule has 0 aliphatic heterocycles. The molecule has 2 aliphatic rings. The summed E-state index contributed by atoms with van der Waals surface area (Å²) >= 11 is 0. The van der Waals surface area contributed by atoms with Crippen LogP contribution in [0.1, 0.15) is 33.6 Å². The van der Waals surface area contributed by atoms with Crippen LogP contribution in [0.25, 0.3) is 99.7 Å². The van der Waals surface area contributed by atoms with Gasteiger partial charge in [-0.05, 0) is 81.8 Å². The van der Waals surface area contributed by atoms with Gasteiger partial charge in [0.1, 0.15) is 5.76 Å². The van der Waals surface area contributed by atoms with Crippen molar-refractivity contribution in [2.45, 2.75) is 12.3 Å². The van der Waals surface area contributed by atoms with E-state index in [0.29, 0.717) is 0 Å². The minimum atomic E-state index is -0.425. The van der Waals surface area contributed by atoms with Crippen molar-refractivity contribution in [3.05, 3.63) is 222 Å². The molecule has 3 heterocycles. The van der Waals surface area contributed by atoms with Crippen molar-refractivity contribution < 1.29 is 4.42 Å². The second-order valence-electron chi connectivity index (χ2n) is 16.2. The van der Waals surface area contributed by atoms with Crippen LogP contribution >= 0.6 is 0 Å². The van der Waals surface area contributed by atoms with E-state index in [2.05, 4.69) is 188 Å². The Morgan fingerprint density at radius 3 is 2.02 bits per heavy atom. The normalized spacial score (nSPS) is 13.6. The number of aryl methyl sites for hydroxylation is 1. The van der Waals surface area contributed by atoms with Gasteiger partial charge in [0, 0.05) is 49.1 Å². The lowest BCUT2D eigenvalue weighted by molar-refractivity contribution is 0.603. The molecule has 0 saturated heterocycles. The first kappa shape index (κ1) is 33.2. The minimum absolute atomic E-state index is 0.425. The zero-order valence-electron chi connectivity index (χ0n) is 32.9. The molecule has 3 nitrogen and oxygen atoms in total. The number of hydrogen-bond acceptors (Lipinski definition) is 2. The predicted octanol–water partition coefficient (Wildman–Crippen LogP) is 14.7. The van der Waals surface area contributed by atoms with Crippen LogP contribution < -0.4 is 0 Å². The first-order chi connectivity index (χ1) is 29.7. The Balaban J connectivity index is 1.10. The molecule has 0 amide bonds. The fourth-order valence-electron chi connectivity index (χ4n) is 11.0. The molecule has 0 unspecified atom stereocenters. The molecule has 0 bridgehead atoms. The summed E-state index contributed by atoms with van der Waals surface area (Å²) in [6, 6.07) is 62.6. The van der Waals surface area contributed by atoms with Gasteiger partial charge in [0.2, 0.25) is 0 Å². The molecule has 280 valence electrons. The number of pyridine rings is 1. The van der Waals surface area contributed by atoms with Crippen LogP contribution in [-0.4, -0.2) is 9.55 Å². The summed E-state index contributed by atoms with van der Waals surface area (Å²) in [6.45, 7) is 6.01. The monoisotopic (exact) mass is 764 g/mol. The molecule has 3 aromatic heterocycles. The molecule has 0 radical (unpaired) electrons. The molecule has 0 fully saturated rings. The van der Waals surface area contributed by atoms with E-state index in [0.717, 1.165) is 71.9 Å². The lowest BCUT2D eigenvalue weighted by atomic mass is 9.70. The number of nitrogens with zero attached hydrogens (tertiary/aromatic N) is 2. The molecule has 2 aliphatic carbocycles. The van der Waals surface area contributed by atoms with Gasteiger partial charge in [0.25, 0.3) is 0 Å². The second kappa shape index (κ2) is 12.1. The van der Waals surface area contributed by atoms with Crippen molar-refractivity contribution in [1.29, 1.82) is 0 Å². The number of benzene rings is 8. The Hall–Kier alpha value is -7.75. The molecule has 11 aromatic rings. The van der Waals surface area contributed by atoms with Crippen LogP contribution in [0.4, 0.5) is 0 Å². The van der Waals surface area contributed by atoms with Gasteiger partial charge in [0.15, 0.2) is 5.58 Å². The number of fused-ring (bicyclic) bond motifs is 19. The SMILES string of the molecule is C=C/C=C\c1oc2c(ccc3c4ccccc4n(-c4cccc(-c5nc6ccccc6c6c7c(ccc56)C5(c6ccccc6-c6ccccc65)c5ccccc5-7)c4)c32)c1C. The topological polar surface area (TPSA) is 31.0 Å². The van der Waals surface area contributed by atoms with Gasteiger partial charge in [-0.25, -0.2) is 4.98 Å². The van der Waals surface area contributed by atoms with E-state index in [-0.39, 0.29) is 0 Å². The highest BCUT2D eigenvalue weighted by Gasteiger charge is 2.52. The van der Waals surface area contributed by atoms with E-state index >= 15 is 0 Å². The standard InChI is InChI=1S/C57H36N2O/c1-3-4-28-51-34(2)37-29-30-41-40-20-9-14-27-50(40)59(55(41)56(37)60-51)36-17-15-16-35(33-36)54-44-31-32-48-53(52(44)43-22-8-13-26-49(43)58-54)42-21-7-12-25-47(42)57(48)45-23-10-5-18-38(45)39-19-6-11-24-46(39)57/h3-33H,1H2,2H3/b28-4-. The highest BCUT2D eigenvalue weighted by molar-refractivity contribution is 6.21. The number of hydrogen-bond donors (Lipinski definition) is 0. The highest BCUT2D eigenvalue weighted by atomic mass is 16.3. The molecule has 0 saturated carbocycles. The Morgan fingerprint density at radius 1 is 0.583 bits per heavy atom. The third-order valence-electron chi connectivity index (χ3n) is 13.4. The molecule has 1 spiro atoms. The maximum Gasteiger partial charge on any atom is 0.159 e. The summed E-state index contributed by atoms with van der Waals surface area (Å²) in [5.74, 6) is 0.843. The Labute approximate surface area is 346 Å². The van der Waals surface area contributed by atoms with Crippen LogP contribution in [0, 0.1) is 6.92 Å². The summed E-state index contributed by atoms with van der Waals surface area (Å²) in [5.41, 5.74) is 18.4. The first-order valence-corrected chi connectivity index (χ1v) is 20.7. The molecule has 60 heavy (non-hydrogen) atoms. The average Bonchev–Trinajstić information content (AvgIpc) is 4.01. The minimum Gasteiger partial charge on any atom is -0.454 e. The largest absolute Gasteiger partial charge is 0.454 e. The third kappa shape index (κ3) is 4.16. The Kier molecular flexibility index (Phi) is 6.73. The van der Waals surface area contributed by atoms with Gasteiger partial charge in [-0.1, -0.05) is 164 Å². The van der Waals surface area contributed by atoms with Crippen LogP contribution in [0.15, 0.2) is 193 Å². The lowest BCUT2D eigenvalue weighted by Gasteiger charge is -2.30. The van der Waals surface area contributed by atoms with Crippen molar-refractivity contribution >= 4 is 60.5 Å². The van der Waals surface area contributed by atoms with Gasteiger partial charge in [0.05, 0.1) is 27.7 Å². The predicted molar refractivity (Wildman–Crippen MR) is 249 cm³/mol. The molecule has 13 rings (SSSR count). The van der Waals surface area contributed by atoms with E-state index in [1.807, 2.05) is 12.2 Å². The Morgan fingerprint density at radius 2 is 1.23 bits per heavy atom. The molecular weight excluding hydrogens is 729 g/mol. The van der Waals surface area contributed by atoms with Crippen molar-refractivity contribution in [2.75, 3.05) is 0 Å². The molecule has 0 N–H and O–H groups in total. The van der Waals surface area contributed by atoms with E-state index < -0.39 is 5.41 Å². The number of allylic oxidation sites excluding steroid dienone is 2. The Bertz CT molecular complexity index is 3660. The summed E-state index contributed by atoms with van der Waals surface area (Å²) in [7, 11) is 0. The molecule has 3 heteroatoms. The molecule has 8 aromatic carbocycles. The van der Waals surface area contributed by atoms with E-state index in [1.54, 1.807) is 6.08 Å². The van der Waals surface area contributed by atoms with E-state index in [9.17, 15) is 0 Å². The van der Waals surface area contributed by atoms with E-state index in [4.69, 9.17) is 9.40 Å². The second-order valence-corrected chi connectivity index (χ2v) is 16.2. The summed E-state index contributed by atoms with van der Waals surface area (Å²) in [4.78, 5) is 5.51. The van der Waals surface area contributed by atoms with Gasteiger partial charge in [-0.3, -0.25) is 0 Å². The third-order valence-corrected chi connectivity index (χ3v) is 13.4. The van der Waals surface area contributed by atoms with Gasteiger partial charge in [-0.15, -0.1) is 0 Å². The van der Waals surface area contributed by atoms with Gasteiger partial charge >= 0.3 is 0 Å². The van der Waals surface area contributed by atoms with E-state index in [1.165, 1.54) is 55.3 Å². The summed E-state index contributed by atoms with van der Waals surface area (Å²) < 4.78 is 9.09. The van der Waals surface area contributed by atoms with Crippen LogP contribution in [-0.2, 0) is 5.41 Å². The van der Waals surface area contributed by atoms with Crippen molar-refractivity contribution in [1.82, 2.24) is 9.55 Å². The van der Waals surface area contributed by atoms with Crippen LogP contribution in [0.2, 0.25) is 0 Å². The van der Waals surface area contributed by atoms with Crippen LogP contribution in [0.3, 0.4) is 0 Å². The maximum atomic E-state index is 6.71. The fourth-order valence-corrected chi connectivity index (χ4v) is 11.0. The first-order valence-electron chi connectivity index (χ1n) is 20.7. The summed E-state index contributed by atoms with van der Waals surface area (Å²) in [6.07, 6.45) is 5.72. The zero-order valence-corrected chi connectivity index (χ0v) is 32.9.